The summed E-state index contributed by atoms with van der Waals surface area (Å²) < 4.78 is 5.24. The number of aromatic nitrogens is 1. The molecule has 1 N–H and O–H groups in total. The van der Waals surface area contributed by atoms with Crippen molar-refractivity contribution in [1.82, 2.24) is 10.3 Å². The van der Waals surface area contributed by atoms with Crippen molar-refractivity contribution in [2.75, 3.05) is 19.1 Å². The molecule has 2 rings (SSSR count). The van der Waals surface area contributed by atoms with E-state index in [0.717, 1.165) is 17.4 Å². The van der Waals surface area contributed by atoms with Gasteiger partial charge < -0.3 is 15.0 Å². The number of rotatable bonds is 7. The Morgan fingerprint density at radius 2 is 2.22 bits per heavy atom. The quantitative estimate of drug-likeness (QED) is 0.825. The van der Waals surface area contributed by atoms with Crippen LogP contribution in [0.15, 0.2) is 0 Å². The largest absolute Gasteiger partial charge is 0.378 e. The second-order valence-electron chi connectivity index (χ2n) is 5.18. The summed E-state index contributed by atoms with van der Waals surface area (Å²) in [6, 6.07) is 1.20. The molecule has 0 spiro atoms. The van der Waals surface area contributed by atoms with Gasteiger partial charge in [0.1, 0.15) is 0 Å². The third kappa shape index (κ3) is 3.43. The molecule has 102 valence electrons. The first-order valence-electron chi connectivity index (χ1n) is 6.55. The zero-order chi connectivity index (χ0) is 13.1. The molecule has 18 heavy (non-hydrogen) atoms. The van der Waals surface area contributed by atoms with Gasteiger partial charge in [-0.1, -0.05) is 13.8 Å². The normalized spacial score (nSPS) is 15.4. The summed E-state index contributed by atoms with van der Waals surface area (Å²) in [7, 11) is 3.87. The number of thiazole rings is 1. The van der Waals surface area contributed by atoms with Gasteiger partial charge in [0.05, 0.1) is 12.3 Å². The van der Waals surface area contributed by atoms with E-state index in [1.165, 1.54) is 17.7 Å². The Morgan fingerprint density at radius 1 is 1.50 bits per heavy atom. The molecule has 1 saturated carbocycles. The third-order valence-electron chi connectivity index (χ3n) is 3.12. The fourth-order valence-electron chi connectivity index (χ4n) is 1.82. The SMILES string of the molecule is COCc1nc(N(C)C2CC2)sc1CNC(C)C. The molecule has 0 aliphatic heterocycles. The van der Waals surface area contributed by atoms with Crippen LogP contribution in [-0.2, 0) is 17.9 Å². The predicted molar refractivity (Wildman–Crippen MR) is 76.2 cm³/mol. The molecule has 1 aliphatic carbocycles. The van der Waals surface area contributed by atoms with Crippen LogP contribution in [0.1, 0.15) is 37.3 Å². The maximum absolute atomic E-state index is 5.24. The Kier molecular flexibility index (Phi) is 4.59. The van der Waals surface area contributed by atoms with E-state index >= 15 is 0 Å². The molecule has 1 aromatic rings. The maximum Gasteiger partial charge on any atom is 0.185 e. The van der Waals surface area contributed by atoms with Crippen molar-refractivity contribution in [3.8, 4) is 0 Å². The van der Waals surface area contributed by atoms with E-state index in [1.54, 1.807) is 18.4 Å². The predicted octanol–water partition coefficient (Wildman–Crippen LogP) is 2.39. The zero-order valence-electron chi connectivity index (χ0n) is 11.7. The number of anilines is 1. The van der Waals surface area contributed by atoms with Crippen molar-refractivity contribution in [3.05, 3.63) is 10.6 Å². The monoisotopic (exact) mass is 269 g/mol. The van der Waals surface area contributed by atoms with Gasteiger partial charge in [0, 0.05) is 37.7 Å². The summed E-state index contributed by atoms with van der Waals surface area (Å²) in [6.07, 6.45) is 2.60. The van der Waals surface area contributed by atoms with Gasteiger partial charge in [-0.2, -0.15) is 0 Å². The first kappa shape index (κ1) is 13.8. The molecule has 1 aromatic heterocycles. The van der Waals surface area contributed by atoms with E-state index in [1.807, 2.05) is 0 Å². The van der Waals surface area contributed by atoms with Gasteiger partial charge >= 0.3 is 0 Å². The Bertz CT molecular complexity index is 388. The minimum absolute atomic E-state index is 0.493. The van der Waals surface area contributed by atoms with Gasteiger partial charge in [-0.15, -0.1) is 11.3 Å². The van der Waals surface area contributed by atoms with Crippen LogP contribution in [0.3, 0.4) is 0 Å². The zero-order valence-corrected chi connectivity index (χ0v) is 12.5. The number of hydrogen-bond acceptors (Lipinski definition) is 5. The molecular weight excluding hydrogens is 246 g/mol. The van der Waals surface area contributed by atoms with Gasteiger partial charge in [-0.3, -0.25) is 0 Å². The van der Waals surface area contributed by atoms with E-state index in [2.05, 4.69) is 31.1 Å². The molecule has 1 aliphatic rings. The lowest BCUT2D eigenvalue weighted by molar-refractivity contribution is 0.181. The topological polar surface area (TPSA) is 37.4 Å². The van der Waals surface area contributed by atoms with Gasteiger partial charge in [-0.25, -0.2) is 4.98 Å². The van der Waals surface area contributed by atoms with Crippen molar-refractivity contribution in [1.29, 1.82) is 0 Å². The molecule has 0 radical (unpaired) electrons. The molecule has 0 saturated heterocycles. The van der Waals surface area contributed by atoms with Gasteiger partial charge in [0.2, 0.25) is 0 Å². The molecule has 0 aromatic carbocycles. The fraction of sp³-hybridized carbons (Fsp3) is 0.769. The number of hydrogen-bond donors (Lipinski definition) is 1. The average molecular weight is 269 g/mol. The first-order chi connectivity index (χ1) is 8.61. The van der Waals surface area contributed by atoms with Crippen LogP contribution < -0.4 is 10.2 Å². The van der Waals surface area contributed by atoms with Gasteiger partial charge in [-0.05, 0) is 12.8 Å². The smallest absolute Gasteiger partial charge is 0.185 e. The highest BCUT2D eigenvalue weighted by atomic mass is 32.1. The Labute approximate surface area is 113 Å². The lowest BCUT2D eigenvalue weighted by Crippen LogP contribution is -2.21. The van der Waals surface area contributed by atoms with Crippen LogP contribution in [0.2, 0.25) is 0 Å². The highest BCUT2D eigenvalue weighted by Gasteiger charge is 2.28. The molecular formula is C13H23N3OS. The molecule has 4 nitrogen and oxygen atoms in total. The Hall–Kier alpha value is -0.650. The average Bonchev–Trinajstić information content (AvgIpc) is 3.09. The van der Waals surface area contributed by atoms with Crippen LogP contribution >= 0.6 is 11.3 Å². The number of ether oxygens (including phenoxy) is 1. The standard InChI is InChI=1S/C13H23N3OS/c1-9(2)14-7-12-11(8-17-4)15-13(18-12)16(3)10-5-6-10/h9-10,14H,5-8H2,1-4H3. The van der Waals surface area contributed by atoms with Crippen LogP contribution in [0, 0.1) is 0 Å². The Balaban J connectivity index is 2.09. The molecule has 1 fully saturated rings. The maximum atomic E-state index is 5.24. The van der Waals surface area contributed by atoms with Crippen LogP contribution in [0.25, 0.3) is 0 Å². The van der Waals surface area contributed by atoms with E-state index in [0.29, 0.717) is 18.7 Å². The molecule has 5 heteroatoms. The summed E-state index contributed by atoms with van der Waals surface area (Å²) in [4.78, 5) is 8.33. The third-order valence-corrected chi connectivity index (χ3v) is 4.30. The lowest BCUT2D eigenvalue weighted by Gasteiger charge is -2.13. The number of nitrogens with one attached hydrogen (secondary N) is 1. The van der Waals surface area contributed by atoms with Crippen molar-refractivity contribution >= 4 is 16.5 Å². The van der Waals surface area contributed by atoms with E-state index in [9.17, 15) is 0 Å². The van der Waals surface area contributed by atoms with Crippen molar-refractivity contribution < 1.29 is 4.74 Å². The second kappa shape index (κ2) is 5.99. The second-order valence-corrected chi connectivity index (χ2v) is 6.24. The highest BCUT2D eigenvalue weighted by molar-refractivity contribution is 7.15. The summed E-state index contributed by atoms with van der Waals surface area (Å²) in [5, 5.41) is 4.58. The number of methoxy groups -OCH3 is 1. The number of nitrogens with zero attached hydrogens (tertiary/aromatic N) is 2. The van der Waals surface area contributed by atoms with Crippen molar-refractivity contribution in [3.63, 3.8) is 0 Å². The minimum atomic E-state index is 0.493. The van der Waals surface area contributed by atoms with Gasteiger partial charge in [0.25, 0.3) is 0 Å². The molecule has 0 amide bonds. The fourth-order valence-corrected chi connectivity index (χ4v) is 2.87. The highest BCUT2D eigenvalue weighted by Crippen LogP contribution is 2.34. The Morgan fingerprint density at radius 3 is 2.78 bits per heavy atom. The van der Waals surface area contributed by atoms with Crippen LogP contribution in [-0.4, -0.2) is 31.2 Å². The first-order valence-corrected chi connectivity index (χ1v) is 7.37. The van der Waals surface area contributed by atoms with E-state index < -0.39 is 0 Å². The van der Waals surface area contributed by atoms with Crippen LogP contribution in [0.4, 0.5) is 5.13 Å². The molecule has 0 atom stereocenters. The molecule has 1 heterocycles. The molecule has 0 unspecified atom stereocenters. The van der Waals surface area contributed by atoms with Crippen molar-refractivity contribution in [2.24, 2.45) is 0 Å². The van der Waals surface area contributed by atoms with Gasteiger partial charge in [0.15, 0.2) is 5.13 Å². The summed E-state index contributed by atoms with van der Waals surface area (Å²) >= 11 is 1.79. The van der Waals surface area contributed by atoms with Crippen molar-refractivity contribution in [2.45, 2.75) is 51.9 Å². The van der Waals surface area contributed by atoms with E-state index in [4.69, 9.17) is 9.72 Å². The summed E-state index contributed by atoms with van der Waals surface area (Å²) in [5.41, 5.74) is 1.08. The summed E-state index contributed by atoms with van der Waals surface area (Å²) in [6.45, 7) is 5.80. The van der Waals surface area contributed by atoms with E-state index in [-0.39, 0.29) is 0 Å². The van der Waals surface area contributed by atoms with Crippen LogP contribution in [0.5, 0.6) is 0 Å². The lowest BCUT2D eigenvalue weighted by atomic mass is 10.3. The molecule has 0 bridgehead atoms. The summed E-state index contributed by atoms with van der Waals surface area (Å²) in [5.74, 6) is 0. The minimum Gasteiger partial charge on any atom is -0.378 e.